The Balaban J connectivity index is 2.01. The van der Waals surface area contributed by atoms with E-state index in [1.165, 1.54) is 11.3 Å². The van der Waals surface area contributed by atoms with Crippen LogP contribution in [0.15, 0.2) is 36.5 Å². The Morgan fingerprint density at radius 1 is 1.40 bits per heavy atom. The Bertz CT molecular complexity index is 627. The van der Waals surface area contributed by atoms with Crippen molar-refractivity contribution in [3.8, 4) is 0 Å². The maximum absolute atomic E-state index is 6.45. The van der Waals surface area contributed by atoms with Crippen LogP contribution in [0.1, 0.15) is 18.1 Å². The van der Waals surface area contributed by atoms with Crippen LogP contribution in [0.4, 0.5) is 11.5 Å². The second-order valence-electron chi connectivity index (χ2n) is 5.23. The van der Waals surface area contributed by atoms with Crippen molar-refractivity contribution in [2.45, 2.75) is 25.9 Å². The minimum atomic E-state index is 0.382. The SMILES string of the molecule is CNCc1cnc(N2c3ccccc3CC2C)c(Cl)c1. The molecule has 1 N–H and O–H groups in total. The fourth-order valence-corrected chi connectivity index (χ4v) is 3.12. The second-order valence-corrected chi connectivity index (χ2v) is 5.64. The summed E-state index contributed by atoms with van der Waals surface area (Å²) in [7, 11) is 1.92. The molecule has 2 aromatic rings. The van der Waals surface area contributed by atoms with Gasteiger partial charge in [0.05, 0.1) is 5.02 Å². The van der Waals surface area contributed by atoms with Gasteiger partial charge in [0.2, 0.25) is 0 Å². The first kappa shape index (κ1) is 13.4. The predicted octanol–water partition coefficient (Wildman–Crippen LogP) is 3.54. The zero-order valence-electron chi connectivity index (χ0n) is 11.7. The molecule has 0 bridgehead atoms. The number of anilines is 2. The van der Waals surface area contributed by atoms with E-state index in [0.29, 0.717) is 11.1 Å². The van der Waals surface area contributed by atoms with Gasteiger partial charge >= 0.3 is 0 Å². The van der Waals surface area contributed by atoms with E-state index in [9.17, 15) is 0 Å². The smallest absolute Gasteiger partial charge is 0.152 e. The largest absolute Gasteiger partial charge is 0.322 e. The van der Waals surface area contributed by atoms with E-state index in [1.807, 2.05) is 19.3 Å². The molecule has 3 nitrogen and oxygen atoms in total. The minimum absolute atomic E-state index is 0.382. The molecule has 1 unspecified atom stereocenters. The number of rotatable bonds is 3. The summed E-state index contributed by atoms with van der Waals surface area (Å²) in [6.07, 6.45) is 2.93. The molecule has 0 spiro atoms. The summed E-state index contributed by atoms with van der Waals surface area (Å²) in [4.78, 5) is 6.82. The van der Waals surface area contributed by atoms with E-state index < -0.39 is 0 Å². The molecular weight excluding hydrogens is 270 g/mol. The fourth-order valence-electron chi connectivity index (χ4n) is 2.84. The zero-order valence-corrected chi connectivity index (χ0v) is 12.5. The Morgan fingerprint density at radius 3 is 2.95 bits per heavy atom. The normalized spacial score (nSPS) is 17.4. The van der Waals surface area contributed by atoms with E-state index in [1.54, 1.807) is 0 Å². The summed E-state index contributed by atoms with van der Waals surface area (Å²) >= 11 is 6.45. The number of para-hydroxylation sites is 1. The standard InChI is InChI=1S/C16H18ClN3/c1-11-7-13-5-3-4-6-15(13)20(11)16-14(17)8-12(9-18-2)10-19-16/h3-6,8,10-11,18H,7,9H2,1-2H3. The highest BCUT2D eigenvalue weighted by Gasteiger charge is 2.29. The van der Waals surface area contributed by atoms with Crippen molar-refractivity contribution in [1.29, 1.82) is 0 Å². The van der Waals surface area contributed by atoms with Crippen LogP contribution in [0.3, 0.4) is 0 Å². The second kappa shape index (κ2) is 5.43. The van der Waals surface area contributed by atoms with Crippen LogP contribution >= 0.6 is 11.6 Å². The van der Waals surface area contributed by atoms with Crippen molar-refractivity contribution in [1.82, 2.24) is 10.3 Å². The number of fused-ring (bicyclic) bond motifs is 1. The van der Waals surface area contributed by atoms with Crippen LogP contribution in [0.2, 0.25) is 5.02 Å². The maximum Gasteiger partial charge on any atom is 0.152 e. The first-order valence-corrected chi connectivity index (χ1v) is 7.24. The molecule has 1 aliphatic rings. The van der Waals surface area contributed by atoms with Gasteiger partial charge in [-0.15, -0.1) is 0 Å². The van der Waals surface area contributed by atoms with Crippen molar-refractivity contribution in [2.24, 2.45) is 0 Å². The summed E-state index contributed by atoms with van der Waals surface area (Å²) in [6.45, 7) is 2.98. The van der Waals surface area contributed by atoms with Gasteiger partial charge in [-0.1, -0.05) is 29.8 Å². The van der Waals surface area contributed by atoms with Crippen molar-refractivity contribution < 1.29 is 0 Å². The maximum atomic E-state index is 6.45. The van der Waals surface area contributed by atoms with Gasteiger partial charge in [0.25, 0.3) is 0 Å². The summed E-state index contributed by atoms with van der Waals surface area (Å²) in [5, 5.41) is 3.82. The van der Waals surface area contributed by atoms with Gasteiger partial charge in [-0.3, -0.25) is 0 Å². The topological polar surface area (TPSA) is 28.2 Å². The zero-order chi connectivity index (χ0) is 14.1. The molecule has 1 atom stereocenters. The average Bonchev–Trinajstić information content (AvgIpc) is 2.76. The third kappa shape index (κ3) is 2.28. The molecule has 4 heteroatoms. The summed E-state index contributed by atoms with van der Waals surface area (Å²) in [5.74, 6) is 0.851. The Kier molecular flexibility index (Phi) is 3.64. The highest BCUT2D eigenvalue weighted by Crippen LogP contribution is 2.39. The first-order valence-electron chi connectivity index (χ1n) is 6.87. The third-order valence-corrected chi connectivity index (χ3v) is 3.97. The summed E-state index contributed by atoms with van der Waals surface area (Å²) in [5.41, 5.74) is 3.68. The molecule has 104 valence electrons. The number of halogens is 1. The lowest BCUT2D eigenvalue weighted by molar-refractivity contribution is 0.748. The molecular formula is C16H18ClN3. The van der Waals surface area contributed by atoms with Crippen LogP contribution < -0.4 is 10.2 Å². The van der Waals surface area contributed by atoms with Gasteiger partial charge in [0, 0.05) is 24.5 Å². The highest BCUT2D eigenvalue weighted by molar-refractivity contribution is 6.33. The van der Waals surface area contributed by atoms with Crippen molar-refractivity contribution in [3.05, 3.63) is 52.7 Å². The van der Waals surface area contributed by atoms with Crippen LogP contribution in [0.5, 0.6) is 0 Å². The number of aromatic nitrogens is 1. The lowest BCUT2D eigenvalue weighted by atomic mass is 10.1. The van der Waals surface area contributed by atoms with Crippen molar-refractivity contribution in [3.63, 3.8) is 0 Å². The summed E-state index contributed by atoms with van der Waals surface area (Å²) < 4.78 is 0. The average molecular weight is 288 g/mol. The van der Waals surface area contributed by atoms with Crippen LogP contribution in [-0.4, -0.2) is 18.1 Å². The van der Waals surface area contributed by atoms with Crippen molar-refractivity contribution in [2.75, 3.05) is 11.9 Å². The van der Waals surface area contributed by atoms with Crippen molar-refractivity contribution >= 4 is 23.1 Å². The monoisotopic (exact) mass is 287 g/mol. The molecule has 1 aromatic heterocycles. The molecule has 0 saturated carbocycles. The van der Waals surface area contributed by atoms with E-state index in [4.69, 9.17) is 11.6 Å². The molecule has 20 heavy (non-hydrogen) atoms. The summed E-state index contributed by atoms with van der Waals surface area (Å²) in [6, 6.07) is 10.8. The molecule has 0 fully saturated rings. The van der Waals surface area contributed by atoms with Gasteiger partial charge in [0.15, 0.2) is 5.82 Å². The van der Waals surface area contributed by atoms with Gasteiger partial charge in [-0.25, -0.2) is 4.98 Å². The van der Waals surface area contributed by atoms with Crippen LogP contribution in [-0.2, 0) is 13.0 Å². The number of benzene rings is 1. The number of hydrogen-bond acceptors (Lipinski definition) is 3. The molecule has 0 amide bonds. The predicted molar refractivity (Wildman–Crippen MR) is 83.8 cm³/mol. The fraction of sp³-hybridized carbons (Fsp3) is 0.312. The number of nitrogens with one attached hydrogen (secondary N) is 1. The van der Waals surface area contributed by atoms with E-state index in [-0.39, 0.29) is 0 Å². The Labute approximate surface area is 124 Å². The molecule has 2 heterocycles. The van der Waals surface area contributed by atoms with E-state index in [2.05, 4.69) is 46.4 Å². The quantitative estimate of drug-likeness (QED) is 0.936. The first-order chi connectivity index (χ1) is 9.70. The number of nitrogens with zero attached hydrogens (tertiary/aromatic N) is 2. The third-order valence-electron chi connectivity index (χ3n) is 3.69. The van der Waals surface area contributed by atoms with Gasteiger partial charge < -0.3 is 10.2 Å². The van der Waals surface area contributed by atoms with Crippen LogP contribution in [0, 0.1) is 0 Å². The molecule has 1 aromatic carbocycles. The number of hydrogen-bond donors (Lipinski definition) is 1. The number of pyridine rings is 1. The molecule has 0 aliphatic carbocycles. The van der Waals surface area contributed by atoms with Crippen LogP contribution in [0.25, 0.3) is 0 Å². The Morgan fingerprint density at radius 2 is 2.20 bits per heavy atom. The molecule has 0 radical (unpaired) electrons. The van der Waals surface area contributed by atoms with Gasteiger partial charge in [0.1, 0.15) is 0 Å². The molecule has 3 rings (SSSR count). The van der Waals surface area contributed by atoms with E-state index in [0.717, 1.165) is 24.3 Å². The lowest BCUT2D eigenvalue weighted by Gasteiger charge is -2.25. The molecule has 0 saturated heterocycles. The van der Waals surface area contributed by atoms with E-state index >= 15 is 0 Å². The highest BCUT2D eigenvalue weighted by atomic mass is 35.5. The Hall–Kier alpha value is -1.58. The van der Waals surface area contributed by atoms with Gasteiger partial charge in [-0.2, -0.15) is 0 Å². The minimum Gasteiger partial charge on any atom is -0.322 e. The lowest BCUT2D eigenvalue weighted by Crippen LogP contribution is -2.25. The van der Waals surface area contributed by atoms with Gasteiger partial charge in [-0.05, 0) is 43.7 Å². The molecule has 1 aliphatic heterocycles.